The standard InChI is InChI=1S/C16H25N3S/c1-4-16(5-2,6-3)19-15-12(14(17)20)10-11-8-7-9-13(11)18-15/h10H,4-9H2,1-3H3,(H2,17,20)(H,18,19). The average Bonchev–Trinajstić information content (AvgIpc) is 2.91. The number of hydrogen-bond acceptors (Lipinski definition) is 3. The minimum absolute atomic E-state index is 0.0827. The molecule has 0 aliphatic heterocycles. The average molecular weight is 291 g/mol. The minimum Gasteiger partial charge on any atom is -0.389 e. The predicted molar refractivity (Wildman–Crippen MR) is 89.4 cm³/mol. The maximum Gasteiger partial charge on any atom is 0.136 e. The van der Waals surface area contributed by atoms with Crippen molar-refractivity contribution in [3.8, 4) is 0 Å². The van der Waals surface area contributed by atoms with Crippen LogP contribution >= 0.6 is 12.2 Å². The number of aryl methyl sites for hydroxylation is 2. The van der Waals surface area contributed by atoms with Gasteiger partial charge in [-0.25, -0.2) is 4.98 Å². The van der Waals surface area contributed by atoms with Gasteiger partial charge in [0, 0.05) is 11.2 Å². The minimum atomic E-state index is 0.0827. The van der Waals surface area contributed by atoms with Gasteiger partial charge in [-0.15, -0.1) is 0 Å². The molecule has 1 heterocycles. The summed E-state index contributed by atoms with van der Waals surface area (Å²) in [5.74, 6) is 0.878. The lowest BCUT2D eigenvalue weighted by atomic mass is 9.89. The van der Waals surface area contributed by atoms with E-state index in [1.807, 2.05) is 0 Å². The lowest BCUT2D eigenvalue weighted by Crippen LogP contribution is -2.37. The molecule has 1 aliphatic rings. The fourth-order valence-corrected chi connectivity index (χ4v) is 3.18. The highest BCUT2D eigenvalue weighted by molar-refractivity contribution is 7.80. The Morgan fingerprint density at radius 2 is 1.95 bits per heavy atom. The summed E-state index contributed by atoms with van der Waals surface area (Å²) < 4.78 is 0. The van der Waals surface area contributed by atoms with E-state index in [2.05, 4.69) is 32.2 Å². The van der Waals surface area contributed by atoms with Crippen molar-refractivity contribution in [3.05, 3.63) is 22.9 Å². The lowest BCUT2D eigenvalue weighted by Gasteiger charge is -2.33. The fourth-order valence-electron chi connectivity index (χ4n) is 3.02. The number of nitrogens with one attached hydrogen (secondary N) is 1. The van der Waals surface area contributed by atoms with E-state index < -0.39 is 0 Å². The third-order valence-electron chi connectivity index (χ3n) is 4.73. The predicted octanol–water partition coefficient (Wildman–Crippen LogP) is 3.59. The van der Waals surface area contributed by atoms with Gasteiger partial charge in [0.2, 0.25) is 0 Å². The van der Waals surface area contributed by atoms with Gasteiger partial charge in [-0.05, 0) is 50.2 Å². The second-order valence-electron chi connectivity index (χ2n) is 5.67. The molecule has 4 heteroatoms. The van der Waals surface area contributed by atoms with Crippen LogP contribution in [0.2, 0.25) is 0 Å². The van der Waals surface area contributed by atoms with Crippen molar-refractivity contribution in [2.75, 3.05) is 5.32 Å². The number of anilines is 1. The van der Waals surface area contributed by atoms with E-state index in [4.69, 9.17) is 22.9 Å². The molecular formula is C16H25N3S. The molecule has 1 aliphatic carbocycles. The monoisotopic (exact) mass is 291 g/mol. The first-order chi connectivity index (χ1) is 9.55. The SMILES string of the molecule is CCC(CC)(CC)Nc1nc2c(cc1C(N)=S)CCC2. The quantitative estimate of drug-likeness (QED) is 0.787. The molecule has 0 atom stereocenters. The second-order valence-corrected chi connectivity index (χ2v) is 6.11. The van der Waals surface area contributed by atoms with Crippen molar-refractivity contribution in [3.63, 3.8) is 0 Å². The Bertz CT molecular complexity index is 498. The van der Waals surface area contributed by atoms with Crippen LogP contribution in [-0.4, -0.2) is 15.5 Å². The highest BCUT2D eigenvalue weighted by Crippen LogP contribution is 2.30. The third-order valence-corrected chi connectivity index (χ3v) is 4.95. The van der Waals surface area contributed by atoms with Crippen LogP contribution in [0.4, 0.5) is 5.82 Å². The Balaban J connectivity index is 2.42. The zero-order chi connectivity index (χ0) is 14.8. The van der Waals surface area contributed by atoms with Gasteiger partial charge in [-0.3, -0.25) is 0 Å². The Morgan fingerprint density at radius 1 is 1.30 bits per heavy atom. The molecule has 0 saturated heterocycles. The highest BCUT2D eigenvalue weighted by atomic mass is 32.1. The third kappa shape index (κ3) is 2.80. The van der Waals surface area contributed by atoms with E-state index in [0.29, 0.717) is 4.99 Å². The lowest BCUT2D eigenvalue weighted by molar-refractivity contribution is 0.419. The van der Waals surface area contributed by atoms with Crippen molar-refractivity contribution in [2.24, 2.45) is 5.73 Å². The summed E-state index contributed by atoms with van der Waals surface area (Å²) in [5.41, 5.74) is 9.42. The molecule has 3 nitrogen and oxygen atoms in total. The van der Waals surface area contributed by atoms with Crippen LogP contribution in [0, 0.1) is 0 Å². The number of rotatable bonds is 6. The molecule has 20 heavy (non-hydrogen) atoms. The maximum absolute atomic E-state index is 5.90. The molecule has 3 N–H and O–H groups in total. The number of nitrogens with zero attached hydrogens (tertiary/aromatic N) is 1. The zero-order valence-electron chi connectivity index (χ0n) is 12.8. The summed E-state index contributed by atoms with van der Waals surface area (Å²) in [6, 6.07) is 2.14. The molecule has 0 amide bonds. The Kier molecular flexibility index (Phi) is 4.63. The number of aromatic nitrogens is 1. The van der Waals surface area contributed by atoms with E-state index in [9.17, 15) is 0 Å². The topological polar surface area (TPSA) is 50.9 Å². The van der Waals surface area contributed by atoms with Crippen LogP contribution in [0.1, 0.15) is 63.3 Å². The van der Waals surface area contributed by atoms with Crippen LogP contribution in [0.25, 0.3) is 0 Å². The first kappa shape index (κ1) is 15.2. The van der Waals surface area contributed by atoms with Crippen molar-refractivity contribution in [1.29, 1.82) is 0 Å². The molecule has 1 aromatic heterocycles. The van der Waals surface area contributed by atoms with Crippen molar-refractivity contribution >= 4 is 23.0 Å². The molecule has 0 radical (unpaired) electrons. The molecular weight excluding hydrogens is 266 g/mol. The van der Waals surface area contributed by atoms with Gasteiger partial charge >= 0.3 is 0 Å². The number of pyridine rings is 1. The zero-order valence-corrected chi connectivity index (χ0v) is 13.6. The normalized spacial score (nSPS) is 14.2. The largest absolute Gasteiger partial charge is 0.389 e. The maximum atomic E-state index is 5.90. The Morgan fingerprint density at radius 3 is 2.50 bits per heavy atom. The van der Waals surface area contributed by atoms with Crippen LogP contribution in [0.15, 0.2) is 6.07 Å². The summed E-state index contributed by atoms with van der Waals surface area (Å²) >= 11 is 5.22. The summed E-state index contributed by atoms with van der Waals surface area (Å²) in [4.78, 5) is 5.26. The van der Waals surface area contributed by atoms with E-state index in [0.717, 1.165) is 43.5 Å². The first-order valence-electron chi connectivity index (χ1n) is 7.66. The molecule has 1 aromatic rings. The second kappa shape index (κ2) is 6.08. The van der Waals surface area contributed by atoms with Gasteiger partial charge in [-0.2, -0.15) is 0 Å². The number of thiocarbonyl (C=S) groups is 1. The van der Waals surface area contributed by atoms with Gasteiger partial charge < -0.3 is 11.1 Å². The van der Waals surface area contributed by atoms with Crippen LogP contribution in [-0.2, 0) is 12.8 Å². The van der Waals surface area contributed by atoms with Gasteiger partial charge in [0.05, 0.1) is 5.56 Å². The van der Waals surface area contributed by atoms with E-state index in [1.54, 1.807) is 0 Å². The summed E-state index contributed by atoms with van der Waals surface area (Å²) in [6.45, 7) is 6.65. The van der Waals surface area contributed by atoms with Crippen molar-refractivity contribution < 1.29 is 0 Å². The van der Waals surface area contributed by atoms with E-state index in [-0.39, 0.29) is 5.54 Å². The van der Waals surface area contributed by atoms with Gasteiger partial charge in [0.1, 0.15) is 10.8 Å². The molecule has 2 rings (SSSR count). The van der Waals surface area contributed by atoms with Crippen LogP contribution in [0.3, 0.4) is 0 Å². The van der Waals surface area contributed by atoms with Gasteiger partial charge in [0.15, 0.2) is 0 Å². The summed E-state index contributed by atoms with van der Waals surface area (Å²) in [5, 5.41) is 3.64. The molecule has 0 fully saturated rings. The first-order valence-corrected chi connectivity index (χ1v) is 8.06. The fraction of sp³-hybridized carbons (Fsp3) is 0.625. The molecule has 0 aromatic carbocycles. The van der Waals surface area contributed by atoms with E-state index >= 15 is 0 Å². The molecule has 0 bridgehead atoms. The van der Waals surface area contributed by atoms with Crippen LogP contribution in [0.5, 0.6) is 0 Å². The van der Waals surface area contributed by atoms with Crippen molar-refractivity contribution in [2.45, 2.75) is 64.8 Å². The number of nitrogens with two attached hydrogens (primary N) is 1. The summed E-state index contributed by atoms with van der Waals surface area (Å²) in [6.07, 6.45) is 6.54. The molecule has 0 saturated carbocycles. The van der Waals surface area contributed by atoms with Gasteiger partial charge in [0.25, 0.3) is 0 Å². The number of fused-ring (bicyclic) bond motifs is 1. The smallest absolute Gasteiger partial charge is 0.136 e. The summed E-state index contributed by atoms with van der Waals surface area (Å²) in [7, 11) is 0. The Hall–Kier alpha value is -1.16. The molecule has 110 valence electrons. The van der Waals surface area contributed by atoms with Crippen LogP contribution < -0.4 is 11.1 Å². The molecule has 0 unspecified atom stereocenters. The van der Waals surface area contributed by atoms with E-state index in [1.165, 1.54) is 17.7 Å². The Labute approximate surface area is 127 Å². The van der Waals surface area contributed by atoms with Gasteiger partial charge in [-0.1, -0.05) is 33.0 Å². The highest BCUT2D eigenvalue weighted by Gasteiger charge is 2.26. The molecule has 0 spiro atoms. The van der Waals surface area contributed by atoms with Crippen molar-refractivity contribution in [1.82, 2.24) is 4.98 Å². The number of hydrogen-bond donors (Lipinski definition) is 2.